The van der Waals surface area contributed by atoms with E-state index in [2.05, 4.69) is 10.3 Å². The molecule has 0 spiro atoms. The summed E-state index contributed by atoms with van der Waals surface area (Å²) >= 11 is 0. The molecule has 0 bridgehead atoms. The van der Waals surface area contributed by atoms with Gasteiger partial charge in [-0.1, -0.05) is 12.1 Å². The van der Waals surface area contributed by atoms with Crippen molar-refractivity contribution in [3.63, 3.8) is 0 Å². The average Bonchev–Trinajstić information content (AvgIpc) is 2.46. The van der Waals surface area contributed by atoms with Crippen molar-refractivity contribution >= 4 is 17.9 Å². The van der Waals surface area contributed by atoms with Crippen LogP contribution in [0.5, 0.6) is 0 Å². The van der Waals surface area contributed by atoms with E-state index in [4.69, 9.17) is 9.84 Å². The highest BCUT2D eigenvalue weighted by Crippen LogP contribution is 2.20. The first-order valence-corrected chi connectivity index (χ1v) is 7.04. The molecule has 120 valence electrons. The van der Waals surface area contributed by atoms with Crippen LogP contribution in [0.3, 0.4) is 0 Å². The van der Waals surface area contributed by atoms with Crippen LogP contribution < -0.4 is 5.32 Å². The minimum atomic E-state index is -0.966. The molecule has 1 aromatic heterocycles. The molecule has 0 atom stereocenters. The van der Waals surface area contributed by atoms with Gasteiger partial charge < -0.3 is 9.84 Å². The van der Waals surface area contributed by atoms with Crippen molar-refractivity contribution < 1.29 is 19.4 Å². The van der Waals surface area contributed by atoms with Crippen LogP contribution in [0.25, 0.3) is 11.1 Å². The summed E-state index contributed by atoms with van der Waals surface area (Å²) in [5.74, 6) is -0.586. The molecule has 23 heavy (non-hydrogen) atoms. The monoisotopic (exact) mass is 314 g/mol. The van der Waals surface area contributed by atoms with Gasteiger partial charge in [-0.3, -0.25) is 5.32 Å². The molecule has 1 amide bonds. The minimum absolute atomic E-state index is 0.227. The van der Waals surface area contributed by atoms with Gasteiger partial charge in [-0.25, -0.2) is 14.6 Å². The van der Waals surface area contributed by atoms with E-state index in [1.54, 1.807) is 51.2 Å². The fraction of sp³-hybridized carbons (Fsp3) is 0.235. The van der Waals surface area contributed by atoms with Crippen molar-refractivity contribution in [3.05, 3.63) is 48.2 Å². The zero-order valence-electron chi connectivity index (χ0n) is 13.2. The summed E-state index contributed by atoms with van der Waals surface area (Å²) in [7, 11) is 0. The number of aromatic carboxylic acids is 1. The van der Waals surface area contributed by atoms with Crippen LogP contribution >= 0.6 is 0 Å². The summed E-state index contributed by atoms with van der Waals surface area (Å²) in [4.78, 5) is 26.6. The number of carboxylic acids is 1. The van der Waals surface area contributed by atoms with Crippen molar-refractivity contribution in [1.82, 2.24) is 4.98 Å². The number of benzene rings is 1. The third kappa shape index (κ3) is 4.81. The molecule has 0 aliphatic carbocycles. The Labute approximate surface area is 134 Å². The number of anilines is 1. The summed E-state index contributed by atoms with van der Waals surface area (Å²) in [5, 5.41) is 11.4. The summed E-state index contributed by atoms with van der Waals surface area (Å²) < 4.78 is 5.15. The summed E-state index contributed by atoms with van der Waals surface area (Å²) in [5.41, 5.74) is 1.31. The number of nitrogens with zero attached hydrogens (tertiary/aromatic N) is 1. The quantitative estimate of drug-likeness (QED) is 0.899. The van der Waals surface area contributed by atoms with Gasteiger partial charge in [0.15, 0.2) is 0 Å². The molecule has 2 aromatic rings. The van der Waals surface area contributed by atoms with Crippen LogP contribution in [0.15, 0.2) is 42.6 Å². The highest BCUT2D eigenvalue weighted by molar-refractivity contribution is 5.88. The first kappa shape index (κ1) is 16.5. The number of ether oxygens (including phenoxy) is 1. The number of carbonyl (C=O) groups excluding carboxylic acids is 1. The summed E-state index contributed by atoms with van der Waals surface area (Å²) in [6.45, 7) is 5.34. The number of rotatable bonds is 3. The Morgan fingerprint density at radius 1 is 1.04 bits per heavy atom. The minimum Gasteiger partial charge on any atom is -0.478 e. The van der Waals surface area contributed by atoms with Crippen LogP contribution in [0.4, 0.5) is 10.6 Å². The number of hydrogen-bond donors (Lipinski definition) is 2. The third-order valence-electron chi connectivity index (χ3n) is 2.86. The molecule has 1 aromatic carbocycles. The van der Waals surface area contributed by atoms with Crippen molar-refractivity contribution in [2.24, 2.45) is 0 Å². The van der Waals surface area contributed by atoms with Crippen LogP contribution in [0, 0.1) is 0 Å². The molecule has 6 nitrogen and oxygen atoms in total. The molecule has 0 radical (unpaired) electrons. The topological polar surface area (TPSA) is 88.5 Å². The molecule has 1 heterocycles. The van der Waals surface area contributed by atoms with Crippen molar-refractivity contribution in [2.45, 2.75) is 26.4 Å². The lowest BCUT2D eigenvalue weighted by atomic mass is 10.1. The van der Waals surface area contributed by atoms with Gasteiger partial charge in [-0.2, -0.15) is 0 Å². The van der Waals surface area contributed by atoms with Gasteiger partial charge in [0.1, 0.15) is 11.4 Å². The molecular formula is C17H18N2O4. The number of pyridine rings is 1. The van der Waals surface area contributed by atoms with Crippen LogP contribution in [0.1, 0.15) is 31.1 Å². The molecule has 0 aliphatic rings. The Morgan fingerprint density at radius 2 is 1.65 bits per heavy atom. The fourth-order valence-electron chi connectivity index (χ4n) is 1.85. The van der Waals surface area contributed by atoms with E-state index in [9.17, 15) is 9.59 Å². The van der Waals surface area contributed by atoms with Gasteiger partial charge in [-0.15, -0.1) is 0 Å². The summed E-state index contributed by atoms with van der Waals surface area (Å²) in [6.07, 6.45) is 1.03. The van der Waals surface area contributed by atoms with Gasteiger partial charge in [0.25, 0.3) is 0 Å². The van der Waals surface area contributed by atoms with Crippen molar-refractivity contribution in [1.29, 1.82) is 0 Å². The van der Waals surface area contributed by atoms with Gasteiger partial charge in [0, 0.05) is 11.8 Å². The maximum atomic E-state index is 11.7. The van der Waals surface area contributed by atoms with Crippen molar-refractivity contribution in [2.75, 3.05) is 5.32 Å². The zero-order chi connectivity index (χ0) is 17.0. The van der Waals surface area contributed by atoms with Gasteiger partial charge in [0.2, 0.25) is 0 Å². The van der Waals surface area contributed by atoms with E-state index in [-0.39, 0.29) is 5.56 Å². The number of nitrogens with one attached hydrogen (secondary N) is 1. The second kappa shape index (κ2) is 6.48. The maximum absolute atomic E-state index is 11.7. The first-order chi connectivity index (χ1) is 10.7. The van der Waals surface area contributed by atoms with Crippen molar-refractivity contribution in [3.8, 4) is 11.1 Å². The van der Waals surface area contributed by atoms with E-state index in [0.717, 1.165) is 11.1 Å². The molecule has 0 fully saturated rings. The SMILES string of the molecule is CC(C)(C)OC(=O)Nc1ccc(-c2ccc(C(=O)O)cc2)cn1. The molecular weight excluding hydrogens is 296 g/mol. The predicted octanol–water partition coefficient (Wildman–Crippen LogP) is 3.79. The maximum Gasteiger partial charge on any atom is 0.413 e. The van der Waals surface area contributed by atoms with Crippen LogP contribution in [0.2, 0.25) is 0 Å². The van der Waals surface area contributed by atoms with E-state index in [0.29, 0.717) is 5.82 Å². The molecule has 0 saturated heterocycles. The Hall–Kier alpha value is -2.89. The largest absolute Gasteiger partial charge is 0.478 e. The lowest BCUT2D eigenvalue weighted by Crippen LogP contribution is -2.27. The molecule has 6 heteroatoms. The Balaban J connectivity index is 2.07. The fourth-order valence-corrected chi connectivity index (χ4v) is 1.85. The van der Waals surface area contributed by atoms with E-state index >= 15 is 0 Å². The Kier molecular flexibility index (Phi) is 4.64. The second-order valence-electron chi connectivity index (χ2n) is 5.94. The molecule has 0 aliphatic heterocycles. The van der Waals surface area contributed by atoms with E-state index in [1.807, 2.05) is 0 Å². The molecule has 2 rings (SSSR count). The molecule has 0 unspecified atom stereocenters. The normalized spacial score (nSPS) is 10.9. The second-order valence-corrected chi connectivity index (χ2v) is 5.94. The Bertz CT molecular complexity index is 701. The average molecular weight is 314 g/mol. The van der Waals surface area contributed by atoms with E-state index < -0.39 is 17.7 Å². The lowest BCUT2D eigenvalue weighted by Gasteiger charge is -2.19. The highest BCUT2D eigenvalue weighted by Gasteiger charge is 2.16. The summed E-state index contributed by atoms with van der Waals surface area (Å²) in [6, 6.07) is 9.93. The van der Waals surface area contributed by atoms with Gasteiger partial charge in [0.05, 0.1) is 5.56 Å². The number of aromatic nitrogens is 1. The van der Waals surface area contributed by atoms with Gasteiger partial charge in [-0.05, 0) is 50.6 Å². The standard InChI is InChI=1S/C17H18N2O4/c1-17(2,3)23-16(22)19-14-9-8-13(10-18-14)11-4-6-12(7-5-11)15(20)21/h4-10H,1-3H3,(H,20,21)(H,18,19,22). The number of carboxylic acid groups (broad SMARTS) is 1. The van der Waals surface area contributed by atoms with Crippen LogP contribution in [-0.4, -0.2) is 27.8 Å². The van der Waals surface area contributed by atoms with Gasteiger partial charge >= 0.3 is 12.1 Å². The van der Waals surface area contributed by atoms with Crippen LogP contribution in [-0.2, 0) is 4.74 Å². The molecule has 0 saturated carbocycles. The molecule has 2 N–H and O–H groups in total. The zero-order valence-corrected chi connectivity index (χ0v) is 13.2. The Morgan fingerprint density at radius 3 is 2.13 bits per heavy atom. The number of amides is 1. The first-order valence-electron chi connectivity index (χ1n) is 7.04. The highest BCUT2D eigenvalue weighted by atomic mass is 16.6. The lowest BCUT2D eigenvalue weighted by molar-refractivity contribution is 0.0633. The van der Waals surface area contributed by atoms with E-state index in [1.165, 1.54) is 12.1 Å². The smallest absolute Gasteiger partial charge is 0.413 e. The predicted molar refractivity (Wildman–Crippen MR) is 86.5 cm³/mol. The number of carbonyl (C=O) groups is 2. The third-order valence-corrected chi connectivity index (χ3v) is 2.86. The number of hydrogen-bond acceptors (Lipinski definition) is 4.